The topological polar surface area (TPSA) is 44.6 Å². The lowest BCUT2D eigenvalue weighted by Crippen LogP contribution is -3.11. The lowest BCUT2D eigenvalue weighted by Gasteiger charge is -2.24. The third kappa shape index (κ3) is 4.09. The summed E-state index contributed by atoms with van der Waals surface area (Å²) < 4.78 is -1.56. The van der Waals surface area contributed by atoms with Gasteiger partial charge >= 0.3 is 5.91 Å². The van der Waals surface area contributed by atoms with Crippen LogP contribution in [-0.4, -0.2) is 16.8 Å². The van der Waals surface area contributed by atoms with Crippen LogP contribution < -0.4 is 5.06 Å². The van der Waals surface area contributed by atoms with Crippen molar-refractivity contribution in [2.24, 2.45) is 0 Å². The van der Waals surface area contributed by atoms with Crippen LogP contribution in [0.25, 0.3) is 0 Å². The lowest BCUT2D eigenvalue weighted by atomic mass is 10.2. The Bertz CT molecular complexity index is 195. The Balaban J connectivity index is 4.29. The number of amides is 1. The number of nitrogens with one attached hydrogen (secondary N) is 1. The zero-order valence-corrected chi connectivity index (χ0v) is 8.99. The molecule has 0 aromatic rings. The molecule has 1 amide bonds. The number of quaternary nitrogens is 1. The van der Waals surface area contributed by atoms with E-state index in [-0.39, 0.29) is 13.0 Å². The van der Waals surface area contributed by atoms with Crippen LogP contribution in [0, 0.1) is 5.21 Å². The molecular weight excluding hydrogens is 213 g/mol. The third-order valence-electron chi connectivity index (χ3n) is 1.48. The molecule has 0 rings (SSSR count). The Kier molecular flexibility index (Phi) is 5.56. The maximum absolute atomic E-state index is 11.3. The molecule has 0 aliphatic carbocycles. The predicted molar refractivity (Wildman–Crippen MR) is 53.7 cm³/mol. The number of halogens is 2. The van der Waals surface area contributed by atoms with Crippen molar-refractivity contribution in [3.05, 3.63) is 17.9 Å². The number of rotatable bonds is 5. The number of alkyl halides is 2. The van der Waals surface area contributed by atoms with Crippen LogP contribution in [0.4, 0.5) is 0 Å². The lowest BCUT2D eigenvalue weighted by molar-refractivity contribution is -0.758. The van der Waals surface area contributed by atoms with E-state index in [1.807, 2.05) is 6.92 Å². The van der Waals surface area contributed by atoms with Gasteiger partial charge in [0.1, 0.15) is 6.54 Å². The minimum atomic E-state index is -1.56. The highest BCUT2D eigenvalue weighted by molar-refractivity contribution is 6.57. The Hall–Kier alpha value is -0.0900. The normalized spacial score (nSPS) is 13.8. The molecule has 5 heteroatoms. The van der Waals surface area contributed by atoms with Crippen LogP contribution in [0.5, 0.6) is 0 Å². The molecule has 0 aliphatic heterocycles. The van der Waals surface area contributed by atoms with Gasteiger partial charge in [0.05, 0.1) is 0 Å². The fourth-order valence-corrected chi connectivity index (χ4v) is 1.44. The zero-order valence-electron chi connectivity index (χ0n) is 7.48. The summed E-state index contributed by atoms with van der Waals surface area (Å²) in [7, 11) is 0. The van der Waals surface area contributed by atoms with Crippen LogP contribution in [0.1, 0.15) is 19.8 Å². The molecule has 0 aromatic carbocycles. The molecule has 0 radical (unpaired) electrons. The molecule has 0 heterocycles. The van der Waals surface area contributed by atoms with Gasteiger partial charge in [0.15, 0.2) is 0 Å². The van der Waals surface area contributed by atoms with Gasteiger partial charge in [-0.25, -0.2) is 4.79 Å². The van der Waals surface area contributed by atoms with Crippen LogP contribution in [0.3, 0.4) is 0 Å². The summed E-state index contributed by atoms with van der Waals surface area (Å²) in [5.41, 5.74) is 0. The smallest absolute Gasteiger partial charge is 0.348 e. The van der Waals surface area contributed by atoms with Gasteiger partial charge in [0, 0.05) is 0 Å². The first-order chi connectivity index (χ1) is 5.95. The van der Waals surface area contributed by atoms with Gasteiger partial charge in [-0.2, -0.15) is 0 Å². The summed E-state index contributed by atoms with van der Waals surface area (Å²) in [5.74, 6) is -0.738. The summed E-state index contributed by atoms with van der Waals surface area (Å²) in [5, 5.41) is 10.5. The molecule has 3 nitrogen and oxygen atoms in total. The van der Waals surface area contributed by atoms with Crippen LogP contribution in [0.15, 0.2) is 12.7 Å². The van der Waals surface area contributed by atoms with Crippen molar-refractivity contribution in [1.29, 1.82) is 0 Å². The highest BCUT2D eigenvalue weighted by atomic mass is 35.5. The van der Waals surface area contributed by atoms with E-state index in [0.717, 1.165) is 0 Å². The highest BCUT2D eigenvalue weighted by Gasteiger charge is 2.37. The average molecular weight is 226 g/mol. The van der Waals surface area contributed by atoms with Crippen molar-refractivity contribution in [1.82, 2.24) is 0 Å². The molecule has 0 spiro atoms. The van der Waals surface area contributed by atoms with Gasteiger partial charge in [-0.15, -0.1) is 0 Å². The number of carbonyl (C=O) groups excluding carboxylic acids is 1. The van der Waals surface area contributed by atoms with Gasteiger partial charge < -0.3 is 10.3 Å². The van der Waals surface area contributed by atoms with Crippen LogP contribution in [-0.2, 0) is 4.79 Å². The summed E-state index contributed by atoms with van der Waals surface area (Å²) in [4.78, 5) is 11.3. The Morgan fingerprint density at radius 1 is 1.69 bits per heavy atom. The third-order valence-corrected chi connectivity index (χ3v) is 2.20. The van der Waals surface area contributed by atoms with E-state index in [4.69, 9.17) is 23.2 Å². The van der Waals surface area contributed by atoms with Crippen LogP contribution in [0.2, 0.25) is 0 Å². The van der Waals surface area contributed by atoms with E-state index in [0.29, 0.717) is 6.42 Å². The monoisotopic (exact) mass is 225 g/mol. The molecule has 0 fully saturated rings. The SMILES string of the molecule is C=CC[NH+]([O-])C(=O)C(Cl)(Cl)CCC. The quantitative estimate of drug-likeness (QED) is 0.432. The maximum atomic E-state index is 11.3. The zero-order chi connectivity index (χ0) is 10.5. The molecule has 1 unspecified atom stereocenters. The van der Waals surface area contributed by atoms with Gasteiger partial charge in [-0.3, -0.25) is 0 Å². The molecule has 0 saturated carbocycles. The van der Waals surface area contributed by atoms with E-state index in [9.17, 15) is 10.0 Å². The van der Waals surface area contributed by atoms with E-state index < -0.39 is 15.3 Å². The number of hydrogen-bond acceptors (Lipinski definition) is 2. The second-order valence-corrected chi connectivity index (χ2v) is 4.18. The van der Waals surface area contributed by atoms with Crippen molar-refractivity contribution >= 4 is 29.1 Å². The minimum absolute atomic E-state index is 0.0102. The van der Waals surface area contributed by atoms with Crippen molar-refractivity contribution in [2.45, 2.75) is 24.1 Å². The average Bonchev–Trinajstić information content (AvgIpc) is 2.03. The molecule has 76 valence electrons. The highest BCUT2D eigenvalue weighted by Crippen LogP contribution is 2.25. The summed E-state index contributed by atoms with van der Waals surface area (Å²) in [6, 6.07) is 0. The molecule has 1 N–H and O–H groups in total. The molecular formula is C8H13Cl2NO2. The van der Waals surface area contributed by atoms with Gasteiger partial charge in [-0.1, -0.05) is 43.1 Å². The first-order valence-electron chi connectivity index (χ1n) is 4.02. The second kappa shape index (κ2) is 5.60. The van der Waals surface area contributed by atoms with Gasteiger partial charge in [0.2, 0.25) is 4.33 Å². The first-order valence-corrected chi connectivity index (χ1v) is 4.77. The number of hydrogen-bond donors (Lipinski definition) is 1. The Morgan fingerprint density at radius 3 is 2.62 bits per heavy atom. The largest absolute Gasteiger partial charge is 0.626 e. The minimum Gasteiger partial charge on any atom is -0.626 e. The molecule has 0 aliphatic rings. The van der Waals surface area contributed by atoms with Crippen molar-refractivity contribution < 1.29 is 9.86 Å². The Morgan fingerprint density at radius 2 is 2.23 bits per heavy atom. The summed E-state index contributed by atoms with van der Waals surface area (Å²) in [6.07, 6.45) is 2.30. The first kappa shape index (κ1) is 12.9. The van der Waals surface area contributed by atoms with Gasteiger partial charge in [0.25, 0.3) is 0 Å². The van der Waals surface area contributed by atoms with E-state index in [2.05, 4.69) is 6.58 Å². The molecule has 0 bridgehead atoms. The molecule has 0 saturated heterocycles. The Labute approximate surface area is 87.9 Å². The van der Waals surface area contributed by atoms with E-state index in [1.165, 1.54) is 6.08 Å². The molecule has 13 heavy (non-hydrogen) atoms. The summed E-state index contributed by atoms with van der Waals surface area (Å²) in [6.45, 7) is 5.18. The fraction of sp³-hybridized carbons (Fsp3) is 0.625. The van der Waals surface area contributed by atoms with Gasteiger partial charge in [-0.05, 0) is 12.5 Å². The van der Waals surface area contributed by atoms with Crippen molar-refractivity contribution in [3.8, 4) is 0 Å². The number of hydroxylamine groups is 2. The van der Waals surface area contributed by atoms with Crippen molar-refractivity contribution in [3.63, 3.8) is 0 Å². The van der Waals surface area contributed by atoms with E-state index >= 15 is 0 Å². The van der Waals surface area contributed by atoms with Crippen molar-refractivity contribution in [2.75, 3.05) is 6.54 Å². The second-order valence-electron chi connectivity index (χ2n) is 2.70. The standard InChI is InChI=1S/C8H13Cl2NO2/c1-3-5-8(9,10)7(12)11(13)6-4-2/h4,11H,2-3,5-6H2,1H3. The van der Waals surface area contributed by atoms with Crippen LogP contribution >= 0.6 is 23.2 Å². The molecule has 0 aromatic heterocycles. The number of carbonyl (C=O) groups is 1. The maximum Gasteiger partial charge on any atom is 0.348 e. The van der Waals surface area contributed by atoms with E-state index in [1.54, 1.807) is 0 Å². The predicted octanol–water partition coefficient (Wildman–Crippen LogP) is 1.06. The molecule has 1 atom stereocenters. The summed E-state index contributed by atoms with van der Waals surface area (Å²) >= 11 is 11.4. The fourth-order valence-electron chi connectivity index (χ4n) is 0.855.